The summed E-state index contributed by atoms with van der Waals surface area (Å²) in [6, 6.07) is 26.5. The van der Waals surface area contributed by atoms with E-state index in [0.29, 0.717) is 18.0 Å². The predicted octanol–water partition coefficient (Wildman–Crippen LogP) is 6.18. The molecule has 1 aliphatic rings. The summed E-state index contributed by atoms with van der Waals surface area (Å²) >= 11 is 1.38. The minimum atomic E-state index is -0.536. The Morgan fingerprint density at radius 1 is 0.906 bits per heavy atom. The summed E-state index contributed by atoms with van der Waals surface area (Å²) < 4.78 is 0. The molecule has 0 saturated carbocycles. The third-order valence-electron chi connectivity index (χ3n) is 5.93. The number of amides is 1. The highest BCUT2D eigenvalue weighted by Gasteiger charge is 2.43. The monoisotopic (exact) mass is 437 g/mol. The van der Waals surface area contributed by atoms with Crippen LogP contribution >= 0.6 is 11.3 Å². The van der Waals surface area contributed by atoms with Crippen molar-refractivity contribution in [1.29, 1.82) is 0 Å². The lowest BCUT2D eigenvalue weighted by molar-refractivity contribution is -0.126. The van der Waals surface area contributed by atoms with Gasteiger partial charge >= 0.3 is 0 Å². The molecule has 0 spiro atoms. The van der Waals surface area contributed by atoms with Gasteiger partial charge in [-0.1, -0.05) is 97.1 Å². The summed E-state index contributed by atoms with van der Waals surface area (Å²) in [6.07, 6.45) is 5.67. The molecule has 158 valence electrons. The largest absolute Gasteiger partial charge is 0.273 e. The van der Waals surface area contributed by atoms with Gasteiger partial charge in [0, 0.05) is 0 Å². The fourth-order valence-corrected chi connectivity index (χ4v) is 4.90. The normalized spacial score (nSPS) is 17.4. The van der Waals surface area contributed by atoms with E-state index in [1.165, 1.54) is 28.0 Å². The lowest BCUT2D eigenvalue weighted by Gasteiger charge is -2.29. The van der Waals surface area contributed by atoms with Crippen molar-refractivity contribution in [2.45, 2.75) is 19.8 Å². The SMILES string of the molecule is CC1(C(=O)N(c2ccccc2)c2nncs2)Cc2ccc(C=Cc3ccccc3)cc2C1. The molecule has 1 amide bonds. The van der Waals surface area contributed by atoms with Crippen molar-refractivity contribution in [3.8, 4) is 0 Å². The highest BCUT2D eigenvalue weighted by Crippen LogP contribution is 2.41. The van der Waals surface area contributed by atoms with Gasteiger partial charge in [-0.3, -0.25) is 9.69 Å². The topological polar surface area (TPSA) is 46.1 Å². The summed E-state index contributed by atoms with van der Waals surface area (Å²) in [7, 11) is 0. The molecular formula is C27H23N3OS. The molecule has 1 heterocycles. The number of carbonyl (C=O) groups excluding carboxylic acids is 1. The predicted molar refractivity (Wildman–Crippen MR) is 131 cm³/mol. The molecule has 1 aromatic heterocycles. The van der Waals surface area contributed by atoms with Crippen molar-refractivity contribution in [1.82, 2.24) is 10.2 Å². The van der Waals surface area contributed by atoms with E-state index in [0.717, 1.165) is 11.3 Å². The smallest absolute Gasteiger partial charge is 0.240 e. The van der Waals surface area contributed by atoms with Crippen LogP contribution in [0.25, 0.3) is 12.2 Å². The molecule has 4 nitrogen and oxygen atoms in total. The lowest BCUT2D eigenvalue weighted by atomic mass is 9.85. The van der Waals surface area contributed by atoms with Crippen molar-refractivity contribution in [2.24, 2.45) is 5.41 Å². The van der Waals surface area contributed by atoms with E-state index in [4.69, 9.17) is 0 Å². The molecule has 1 aliphatic carbocycles. The zero-order chi connectivity index (χ0) is 22.0. The van der Waals surface area contributed by atoms with E-state index in [1.807, 2.05) is 48.5 Å². The second-order valence-electron chi connectivity index (χ2n) is 8.38. The van der Waals surface area contributed by atoms with E-state index in [9.17, 15) is 4.79 Å². The van der Waals surface area contributed by atoms with Gasteiger partial charge in [0.1, 0.15) is 5.51 Å². The number of benzene rings is 3. The Bertz CT molecular complexity index is 1250. The van der Waals surface area contributed by atoms with Crippen molar-refractivity contribution in [2.75, 3.05) is 4.90 Å². The first kappa shape index (κ1) is 20.3. The highest BCUT2D eigenvalue weighted by molar-refractivity contribution is 7.13. The third-order valence-corrected chi connectivity index (χ3v) is 6.61. The number of para-hydroxylation sites is 1. The third kappa shape index (κ3) is 3.99. The van der Waals surface area contributed by atoms with Crippen molar-refractivity contribution in [3.05, 3.63) is 107 Å². The number of hydrogen-bond donors (Lipinski definition) is 0. The van der Waals surface area contributed by atoms with Crippen LogP contribution in [-0.4, -0.2) is 16.1 Å². The Morgan fingerprint density at radius 3 is 2.31 bits per heavy atom. The second kappa shape index (κ2) is 8.52. The summed E-state index contributed by atoms with van der Waals surface area (Å²) in [5, 5.41) is 8.76. The maximum absolute atomic E-state index is 13.9. The van der Waals surface area contributed by atoms with E-state index in [2.05, 4.69) is 59.6 Å². The van der Waals surface area contributed by atoms with Crippen LogP contribution in [0.15, 0.2) is 84.4 Å². The maximum atomic E-state index is 13.9. The number of hydrogen-bond acceptors (Lipinski definition) is 4. The molecule has 1 unspecified atom stereocenters. The van der Waals surface area contributed by atoms with Gasteiger partial charge in [-0.2, -0.15) is 0 Å². The van der Waals surface area contributed by atoms with Crippen molar-refractivity contribution in [3.63, 3.8) is 0 Å². The molecule has 0 aliphatic heterocycles. The van der Waals surface area contributed by atoms with Crippen LogP contribution in [0, 0.1) is 5.41 Å². The second-order valence-corrected chi connectivity index (χ2v) is 9.20. The van der Waals surface area contributed by atoms with E-state index in [-0.39, 0.29) is 5.91 Å². The van der Waals surface area contributed by atoms with Crippen molar-refractivity contribution >= 4 is 40.2 Å². The molecule has 0 radical (unpaired) electrons. The highest BCUT2D eigenvalue weighted by atomic mass is 32.1. The van der Waals surface area contributed by atoms with Gasteiger partial charge in [-0.25, -0.2) is 0 Å². The number of fused-ring (bicyclic) bond motifs is 1. The molecule has 0 saturated heterocycles. The van der Waals surface area contributed by atoms with Crippen LogP contribution in [0.4, 0.5) is 10.8 Å². The number of carbonyl (C=O) groups is 1. The van der Waals surface area contributed by atoms with Crippen LogP contribution in [0.3, 0.4) is 0 Å². The lowest BCUT2D eigenvalue weighted by Crippen LogP contribution is -2.40. The zero-order valence-electron chi connectivity index (χ0n) is 17.8. The maximum Gasteiger partial charge on any atom is 0.240 e. The molecule has 0 bridgehead atoms. The van der Waals surface area contributed by atoms with E-state index in [1.54, 1.807) is 10.4 Å². The van der Waals surface area contributed by atoms with Gasteiger partial charge < -0.3 is 0 Å². The fourth-order valence-electron chi connectivity index (χ4n) is 4.32. The molecule has 5 heteroatoms. The Balaban J connectivity index is 1.42. The van der Waals surface area contributed by atoms with Crippen LogP contribution < -0.4 is 4.90 Å². The molecule has 1 atom stereocenters. The van der Waals surface area contributed by atoms with Gasteiger partial charge in [0.25, 0.3) is 0 Å². The quantitative estimate of drug-likeness (QED) is 0.350. The fraction of sp³-hybridized carbons (Fsp3) is 0.148. The summed E-state index contributed by atoms with van der Waals surface area (Å²) in [5.41, 5.74) is 6.74. The standard InChI is InChI=1S/C27H23N3OS/c1-27(25(31)30(26-29-28-19-32-26)24-10-6-3-7-11-24)17-22-15-14-21(16-23(22)18-27)13-12-20-8-4-2-5-9-20/h2-16,19H,17-18H2,1H3. The Labute approximate surface area is 191 Å². The van der Waals surface area contributed by atoms with E-state index >= 15 is 0 Å². The Kier molecular flexibility index (Phi) is 5.41. The van der Waals surface area contributed by atoms with Gasteiger partial charge in [0.05, 0.1) is 11.1 Å². The van der Waals surface area contributed by atoms with Crippen molar-refractivity contribution < 1.29 is 4.79 Å². The van der Waals surface area contributed by atoms with Crippen LogP contribution in [-0.2, 0) is 17.6 Å². The van der Waals surface area contributed by atoms with Crippen LogP contribution in [0.5, 0.6) is 0 Å². The minimum Gasteiger partial charge on any atom is -0.273 e. The number of anilines is 2. The minimum absolute atomic E-state index is 0.0537. The Morgan fingerprint density at radius 2 is 1.59 bits per heavy atom. The van der Waals surface area contributed by atoms with Crippen LogP contribution in [0.1, 0.15) is 29.2 Å². The molecule has 3 aromatic carbocycles. The van der Waals surface area contributed by atoms with Gasteiger partial charge in [-0.15, -0.1) is 10.2 Å². The van der Waals surface area contributed by atoms with Gasteiger partial charge in [-0.05, 0) is 47.2 Å². The molecule has 32 heavy (non-hydrogen) atoms. The van der Waals surface area contributed by atoms with Gasteiger partial charge in [0.2, 0.25) is 11.0 Å². The molecule has 0 fully saturated rings. The van der Waals surface area contributed by atoms with E-state index < -0.39 is 5.41 Å². The molecule has 5 rings (SSSR count). The summed E-state index contributed by atoms with van der Waals surface area (Å²) in [5.74, 6) is 0.0537. The molecule has 4 aromatic rings. The average Bonchev–Trinajstić information content (AvgIpc) is 3.47. The molecular weight excluding hydrogens is 414 g/mol. The summed E-state index contributed by atoms with van der Waals surface area (Å²) in [4.78, 5) is 15.6. The molecule has 0 N–H and O–H groups in total. The van der Waals surface area contributed by atoms with Crippen LogP contribution in [0.2, 0.25) is 0 Å². The number of rotatable bonds is 5. The first-order chi connectivity index (χ1) is 15.6. The Hall–Kier alpha value is -3.57. The first-order valence-electron chi connectivity index (χ1n) is 10.6. The number of nitrogens with zero attached hydrogens (tertiary/aromatic N) is 3. The summed E-state index contributed by atoms with van der Waals surface area (Å²) in [6.45, 7) is 2.06. The number of aromatic nitrogens is 2. The zero-order valence-corrected chi connectivity index (χ0v) is 18.6. The van der Waals surface area contributed by atoms with Gasteiger partial charge in [0.15, 0.2) is 0 Å². The first-order valence-corrected chi connectivity index (χ1v) is 11.5. The average molecular weight is 438 g/mol.